The molecule has 0 saturated carbocycles. The smallest absolute Gasteiger partial charge is 0.341 e. The maximum absolute atomic E-state index is 11.2. The van der Waals surface area contributed by atoms with Crippen molar-refractivity contribution in [2.75, 3.05) is 6.61 Å². The quantitative estimate of drug-likeness (QED) is 0.747. The number of carbonyl (C=O) groups is 1. The molecule has 0 aromatic carbocycles. The van der Waals surface area contributed by atoms with Crippen LogP contribution >= 0.6 is 0 Å². The molecule has 4 nitrogen and oxygen atoms in total. The first-order valence-corrected chi connectivity index (χ1v) is 6.24. The number of rotatable bonds is 2. The summed E-state index contributed by atoms with van der Waals surface area (Å²) in [5.74, 6) is -0.303. The number of esters is 1. The Morgan fingerprint density at radius 3 is 2.12 bits per heavy atom. The number of aryl methyl sites for hydroxylation is 2. The van der Waals surface area contributed by atoms with Gasteiger partial charge in [-0.15, -0.1) is 0 Å². The van der Waals surface area contributed by atoms with Gasteiger partial charge >= 0.3 is 5.97 Å². The van der Waals surface area contributed by atoms with Gasteiger partial charge in [0.05, 0.1) is 12.3 Å². The molecule has 1 heterocycles. The highest BCUT2D eigenvalue weighted by Gasteiger charge is 2.12. The summed E-state index contributed by atoms with van der Waals surface area (Å²) in [4.78, 5) is 11.2. The van der Waals surface area contributed by atoms with E-state index in [2.05, 4.69) is 18.9 Å². The normalized spacial score (nSPS) is 8.41. The van der Waals surface area contributed by atoms with Crippen LogP contribution in [-0.2, 0) is 11.8 Å². The lowest BCUT2D eigenvalue weighted by molar-refractivity contribution is 0.0525. The van der Waals surface area contributed by atoms with Crippen LogP contribution in [0.1, 0.15) is 57.1 Å². The van der Waals surface area contributed by atoms with Crippen LogP contribution < -0.4 is 0 Å². The predicted molar refractivity (Wildman–Crippen MR) is 71.2 cm³/mol. The molecule has 0 aliphatic carbocycles. The first-order valence-electron chi connectivity index (χ1n) is 6.24. The summed E-state index contributed by atoms with van der Waals surface area (Å²) in [6.45, 7) is 12.2. The Morgan fingerprint density at radius 2 is 1.82 bits per heavy atom. The SMILES string of the molecule is CC.CCC.CCOC(=O)c1cn(C)nc1C. The van der Waals surface area contributed by atoms with Crippen LogP contribution in [-0.4, -0.2) is 22.4 Å². The second-order valence-electron chi connectivity index (χ2n) is 3.23. The molecule has 0 N–H and O–H groups in total. The van der Waals surface area contributed by atoms with Gasteiger partial charge in [-0.25, -0.2) is 4.79 Å². The van der Waals surface area contributed by atoms with Crippen LogP contribution in [0.4, 0.5) is 0 Å². The Balaban J connectivity index is 0. The van der Waals surface area contributed by atoms with E-state index in [0.717, 1.165) is 0 Å². The Morgan fingerprint density at radius 1 is 1.35 bits per heavy atom. The van der Waals surface area contributed by atoms with Gasteiger partial charge in [-0.2, -0.15) is 5.10 Å². The molecule has 4 heteroatoms. The summed E-state index contributed by atoms with van der Waals surface area (Å²) < 4.78 is 6.43. The van der Waals surface area contributed by atoms with Gasteiger partial charge in [0.25, 0.3) is 0 Å². The predicted octanol–water partition coefficient (Wildman–Crippen LogP) is 3.35. The molecule has 0 bridgehead atoms. The van der Waals surface area contributed by atoms with E-state index in [1.807, 2.05) is 13.8 Å². The van der Waals surface area contributed by atoms with Gasteiger partial charge in [0, 0.05) is 13.2 Å². The largest absolute Gasteiger partial charge is 0.462 e. The van der Waals surface area contributed by atoms with Crippen molar-refractivity contribution in [1.82, 2.24) is 9.78 Å². The summed E-state index contributed by atoms with van der Waals surface area (Å²) >= 11 is 0. The Labute approximate surface area is 105 Å². The highest BCUT2D eigenvalue weighted by Crippen LogP contribution is 2.05. The standard InChI is InChI=1S/C8H12N2O2.C3H8.C2H6/c1-4-12-8(11)7-5-10(3)9-6(7)2;1-3-2;1-2/h5H,4H2,1-3H3;3H2,1-2H3;1-2H3. The molecule has 1 aromatic rings. The molecule has 0 amide bonds. The minimum Gasteiger partial charge on any atom is -0.462 e. The fourth-order valence-corrected chi connectivity index (χ4v) is 1.01. The van der Waals surface area contributed by atoms with E-state index in [0.29, 0.717) is 17.9 Å². The number of nitrogens with zero attached hydrogens (tertiary/aromatic N) is 2. The van der Waals surface area contributed by atoms with Gasteiger partial charge in [0.1, 0.15) is 5.56 Å². The van der Waals surface area contributed by atoms with Crippen LogP contribution in [0.25, 0.3) is 0 Å². The summed E-state index contributed by atoms with van der Waals surface area (Å²) in [6, 6.07) is 0. The maximum atomic E-state index is 11.2. The lowest BCUT2D eigenvalue weighted by atomic mass is 10.3. The van der Waals surface area contributed by atoms with Crippen molar-refractivity contribution in [1.29, 1.82) is 0 Å². The van der Waals surface area contributed by atoms with Crippen LogP contribution in [0.5, 0.6) is 0 Å². The molecule has 0 unspecified atom stereocenters. The number of carbonyl (C=O) groups excluding carboxylic acids is 1. The van der Waals surface area contributed by atoms with E-state index in [9.17, 15) is 4.79 Å². The van der Waals surface area contributed by atoms with E-state index in [4.69, 9.17) is 4.74 Å². The van der Waals surface area contributed by atoms with Gasteiger partial charge in [-0.1, -0.05) is 34.1 Å². The topological polar surface area (TPSA) is 44.1 Å². The van der Waals surface area contributed by atoms with Crippen molar-refractivity contribution in [3.63, 3.8) is 0 Å². The molecule has 1 rings (SSSR count). The summed E-state index contributed by atoms with van der Waals surface area (Å²) in [6.07, 6.45) is 2.91. The van der Waals surface area contributed by atoms with E-state index in [-0.39, 0.29) is 5.97 Å². The monoisotopic (exact) mass is 242 g/mol. The third kappa shape index (κ3) is 7.55. The zero-order valence-electron chi connectivity index (χ0n) is 12.2. The van der Waals surface area contributed by atoms with Crippen molar-refractivity contribution in [2.45, 2.75) is 48.0 Å². The average Bonchev–Trinajstić information content (AvgIpc) is 2.62. The van der Waals surface area contributed by atoms with Gasteiger partial charge < -0.3 is 4.74 Å². The highest BCUT2D eigenvalue weighted by molar-refractivity contribution is 5.90. The first-order chi connectivity index (χ1) is 8.06. The third-order valence-corrected chi connectivity index (χ3v) is 1.51. The Bertz CT molecular complexity index is 306. The fourth-order valence-electron chi connectivity index (χ4n) is 1.01. The van der Waals surface area contributed by atoms with Gasteiger partial charge in [-0.05, 0) is 13.8 Å². The van der Waals surface area contributed by atoms with Crippen LogP contribution in [0.15, 0.2) is 6.20 Å². The second kappa shape index (κ2) is 11.2. The second-order valence-corrected chi connectivity index (χ2v) is 3.23. The lowest BCUT2D eigenvalue weighted by Gasteiger charge is -1.97. The zero-order chi connectivity index (χ0) is 13.8. The molecule has 17 heavy (non-hydrogen) atoms. The molecule has 0 saturated heterocycles. The average molecular weight is 242 g/mol. The van der Waals surface area contributed by atoms with Crippen molar-refractivity contribution < 1.29 is 9.53 Å². The van der Waals surface area contributed by atoms with Crippen molar-refractivity contribution >= 4 is 5.97 Å². The Hall–Kier alpha value is -1.32. The summed E-state index contributed by atoms with van der Waals surface area (Å²) in [5.41, 5.74) is 1.25. The molecule has 0 aliphatic heterocycles. The molecular weight excluding hydrogens is 216 g/mol. The number of aromatic nitrogens is 2. The van der Waals surface area contributed by atoms with E-state index in [1.165, 1.54) is 6.42 Å². The molecule has 0 spiro atoms. The van der Waals surface area contributed by atoms with Crippen LogP contribution in [0.3, 0.4) is 0 Å². The third-order valence-electron chi connectivity index (χ3n) is 1.51. The van der Waals surface area contributed by atoms with Crippen LogP contribution in [0, 0.1) is 6.92 Å². The van der Waals surface area contributed by atoms with E-state index in [1.54, 1.807) is 31.8 Å². The fraction of sp³-hybridized carbons (Fsp3) is 0.692. The molecule has 0 atom stereocenters. The molecule has 0 fully saturated rings. The first kappa shape index (κ1) is 18.1. The molecular formula is C13H26N2O2. The van der Waals surface area contributed by atoms with Crippen molar-refractivity contribution in [3.05, 3.63) is 17.5 Å². The molecule has 0 aliphatic rings. The molecule has 1 aromatic heterocycles. The van der Waals surface area contributed by atoms with E-state index >= 15 is 0 Å². The summed E-state index contributed by atoms with van der Waals surface area (Å²) in [5, 5.41) is 4.03. The minimum absolute atomic E-state index is 0.303. The van der Waals surface area contributed by atoms with Gasteiger partial charge in [0.15, 0.2) is 0 Å². The Kier molecular flexibility index (Phi) is 11.9. The number of hydrogen-bond donors (Lipinski definition) is 0. The lowest BCUT2D eigenvalue weighted by Crippen LogP contribution is -2.04. The highest BCUT2D eigenvalue weighted by atomic mass is 16.5. The van der Waals surface area contributed by atoms with Gasteiger partial charge in [-0.3, -0.25) is 4.68 Å². The zero-order valence-corrected chi connectivity index (χ0v) is 12.2. The van der Waals surface area contributed by atoms with Crippen molar-refractivity contribution in [2.24, 2.45) is 7.05 Å². The van der Waals surface area contributed by atoms with Crippen LogP contribution in [0.2, 0.25) is 0 Å². The molecule has 0 radical (unpaired) electrons. The number of ether oxygens (including phenoxy) is 1. The van der Waals surface area contributed by atoms with E-state index < -0.39 is 0 Å². The summed E-state index contributed by atoms with van der Waals surface area (Å²) in [7, 11) is 1.77. The maximum Gasteiger partial charge on any atom is 0.341 e. The van der Waals surface area contributed by atoms with Crippen molar-refractivity contribution in [3.8, 4) is 0 Å². The minimum atomic E-state index is -0.303. The molecule has 100 valence electrons. The van der Waals surface area contributed by atoms with Gasteiger partial charge in [0.2, 0.25) is 0 Å². The number of hydrogen-bond acceptors (Lipinski definition) is 3.